The van der Waals surface area contributed by atoms with E-state index in [9.17, 15) is 19.2 Å². The number of nitrogens with zero attached hydrogens (tertiary/aromatic N) is 4. The van der Waals surface area contributed by atoms with Gasteiger partial charge in [0.1, 0.15) is 6.54 Å². The van der Waals surface area contributed by atoms with Gasteiger partial charge >= 0.3 is 11.7 Å². The Labute approximate surface area is 206 Å². The first kappa shape index (κ1) is 25.3. The number of aromatic nitrogens is 4. The monoisotopic (exact) mass is 499 g/mol. The van der Waals surface area contributed by atoms with Crippen LogP contribution in [0.2, 0.25) is 0 Å². The van der Waals surface area contributed by atoms with Crippen molar-refractivity contribution in [2.75, 3.05) is 33.5 Å². The summed E-state index contributed by atoms with van der Waals surface area (Å²) in [6, 6.07) is 9.23. The molecule has 1 aliphatic heterocycles. The molecule has 0 spiro atoms. The molecule has 12 nitrogen and oxygen atoms in total. The Morgan fingerprint density at radius 1 is 1.19 bits per heavy atom. The molecule has 0 radical (unpaired) electrons. The van der Waals surface area contributed by atoms with Crippen molar-refractivity contribution in [2.24, 2.45) is 0 Å². The Hall–Kier alpha value is -3.77. The molecule has 1 atom stereocenters. The van der Waals surface area contributed by atoms with Gasteiger partial charge in [0.25, 0.3) is 11.5 Å². The van der Waals surface area contributed by atoms with E-state index in [2.05, 4.69) is 10.3 Å². The van der Waals surface area contributed by atoms with Crippen LogP contribution in [-0.2, 0) is 43.4 Å². The first-order chi connectivity index (χ1) is 17.5. The van der Waals surface area contributed by atoms with Crippen molar-refractivity contribution in [1.82, 2.24) is 24.0 Å². The number of carbonyl (C=O) groups is 2. The highest BCUT2D eigenvalue weighted by Gasteiger charge is 2.21. The molecule has 0 aliphatic carbocycles. The molecule has 0 saturated carbocycles. The topological polar surface area (TPSA) is 136 Å². The van der Waals surface area contributed by atoms with Gasteiger partial charge in [0.05, 0.1) is 25.6 Å². The van der Waals surface area contributed by atoms with Crippen LogP contribution in [0, 0.1) is 0 Å². The van der Waals surface area contributed by atoms with Crippen molar-refractivity contribution in [2.45, 2.75) is 38.6 Å². The molecule has 1 saturated heterocycles. The Bertz CT molecular complexity index is 1320. The molecule has 36 heavy (non-hydrogen) atoms. The Morgan fingerprint density at radius 2 is 2.00 bits per heavy atom. The minimum atomic E-state index is -0.880. The molecule has 1 amide bonds. The first-order valence-electron chi connectivity index (χ1n) is 11.7. The molecule has 4 rings (SSSR count). The Morgan fingerprint density at radius 3 is 2.72 bits per heavy atom. The van der Waals surface area contributed by atoms with Crippen LogP contribution in [-0.4, -0.2) is 70.1 Å². The molecular formula is C24H29N5O7. The molecule has 12 heteroatoms. The van der Waals surface area contributed by atoms with Crippen LogP contribution in [0.3, 0.4) is 0 Å². The smallest absolute Gasteiger partial charge is 0.333 e. The summed E-state index contributed by atoms with van der Waals surface area (Å²) in [6.07, 6.45) is 3.23. The van der Waals surface area contributed by atoms with Crippen LogP contribution in [0.15, 0.2) is 46.2 Å². The number of rotatable bonds is 11. The van der Waals surface area contributed by atoms with Crippen molar-refractivity contribution in [3.63, 3.8) is 0 Å². The molecule has 1 unspecified atom stereocenters. The van der Waals surface area contributed by atoms with Crippen molar-refractivity contribution < 1.29 is 23.8 Å². The molecule has 1 aromatic carbocycles. The van der Waals surface area contributed by atoms with Crippen LogP contribution in [0.1, 0.15) is 18.4 Å². The summed E-state index contributed by atoms with van der Waals surface area (Å²) in [4.78, 5) is 55.4. The summed E-state index contributed by atoms with van der Waals surface area (Å²) < 4.78 is 19.3. The minimum absolute atomic E-state index is 0.0407. The van der Waals surface area contributed by atoms with Gasteiger partial charge in [0.2, 0.25) is 0 Å². The van der Waals surface area contributed by atoms with Gasteiger partial charge in [-0.05, 0) is 18.4 Å². The van der Waals surface area contributed by atoms with Crippen molar-refractivity contribution >= 4 is 23.0 Å². The molecular weight excluding hydrogens is 470 g/mol. The van der Waals surface area contributed by atoms with Gasteiger partial charge < -0.3 is 24.1 Å². The van der Waals surface area contributed by atoms with Crippen molar-refractivity contribution in [3.05, 3.63) is 63.1 Å². The molecule has 3 heterocycles. The molecule has 1 aliphatic rings. The fraction of sp³-hybridized carbons (Fsp3) is 0.458. The van der Waals surface area contributed by atoms with E-state index < -0.39 is 36.3 Å². The molecule has 3 aromatic rings. The number of hydrogen-bond donors (Lipinski definition) is 1. The lowest BCUT2D eigenvalue weighted by molar-refractivity contribution is -0.149. The lowest BCUT2D eigenvalue weighted by atomic mass is 10.2. The fourth-order valence-corrected chi connectivity index (χ4v) is 4.05. The second kappa shape index (κ2) is 11.8. The minimum Gasteiger partial charge on any atom is -0.454 e. The summed E-state index contributed by atoms with van der Waals surface area (Å²) in [5, 5.41) is 2.65. The van der Waals surface area contributed by atoms with Crippen LogP contribution >= 0.6 is 0 Å². The predicted molar refractivity (Wildman–Crippen MR) is 129 cm³/mol. The highest BCUT2D eigenvalue weighted by atomic mass is 16.5. The van der Waals surface area contributed by atoms with Gasteiger partial charge in [-0.25, -0.2) is 14.3 Å². The third-order valence-corrected chi connectivity index (χ3v) is 5.91. The average molecular weight is 500 g/mol. The van der Waals surface area contributed by atoms with Crippen molar-refractivity contribution in [3.8, 4) is 0 Å². The third kappa shape index (κ3) is 5.89. The maximum atomic E-state index is 13.3. The van der Waals surface area contributed by atoms with Crippen molar-refractivity contribution in [1.29, 1.82) is 0 Å². The highest BCUT2D eigenvalue weighted by Crippen LogP contribution is 2.11. The Kier molecular flexibility index (Phi) is 8.28. The van der Waals surface area contributed by atoms with E-state index in [1.54, 1.807) is 4.57 Å². The molecule has 0 bridgehead atoms. The number of hydrogen-bond acceptors (Lipinski definition) is 8. The van der Waals surface area contributed by atoms with E-state index in [1.807, 2.05) is 30.3 Å². The lowest BCUT2D eigenvalue weighted by Crippen LogP contribution is -2.43. The standard InChI is InChI=1S/C24H29N5O7/c1-34-11-9-27-16-26-22-21(27)23(32)29(24(33)28(22)13-17-6-3-2-4-7-17)14-20(31)36-15-19(30)25-12-18-8-5-10-35-18/h2-4,6-7,16,18H,5,8-15H2,1H3,(H,25,30). The number of ether oxygens (including phenoxy) is 3. The van der Waals surface area contributed by atoms with Crippen LogP contribution in [0.25, 0.3) is 11.2 Å². The summed E-state index contributed by atoms with van der Waals surface area (Å²) >= 11 is 0. The van der Waals surface area contributed by atoms with Gasteiger partial charge in [0, 0.05) is 26.8 Å². The largest absolute Gasteiger partial charge is 0.454 e. The zero-order valence-corrected chi connectivity index (χ0v) is 20.1. The van der Waals surface area contributed by atoms with E-state index in [1.165, 1.54) is 18.0 Å². The normalized spacial score (nSPS) is 15.3. The number of esters is 1. The lowest BCUT2D eigenvalue weighted by Gasteiger charge is -2.13. The third-order valence-electron chi connectivity index (χ3n) is 5.91. The van der Waals surface area contributed by atoms with E-state index in [4.69, 9.17) is 14.2 Å². The van der Waals surface area contributed by atoms with Gasteiger partial charge in [-0.1, -0.05) is 30.3 Å². The zero-order valence-electron chi connectivity index (χ0n) is 20.1. The van der Waals surface area contributed by atoms with Gasteiger partial charge in [-0.2, -0.15) is 0 Å². The molecule has 192 valence electrons. The number of nitrogens with one attached hydrogen (secondary N) is 1. The second-order valence-corrected chi connectivity index (χ2v) is 8.45. The number of benzene rings is 1. The molecule has 1 N–H and O–H groups in total. The zero-order chi connectivity index (χ0) is 25.5. The quantitative estimate of drug-likeness (QED) is 0.361. The summed E-state index contributed by atoms with van der Waals surface area (Å²) in [5.74, 6) is -1.36. The second-order valence-electron chi connectivity index (χ2n) is 8.45. The number of methoxy groups -OCH3 is 1. The van der Waals surface area contributed by atoms with Crippen LogP contribution in [0.5, 0.6) is 0 Å². The maximum Gasteiger partial charge on any atom is 0.333 e. The fourth-order valence-electron chi connectivity index (χ4n) is 4.05. The molecule has 2 aromatic heterocycles. The van der Waals surface area contributed by atoms with E-state index in [0.29, 0.717) is 26.3 Å². The highest BCUT2D eigenvalue weighted by molar-refractivity contribution is 5.80. The number of carbonyl (C=O) groups excluding carboxylic acids is 2. The predicted octanol–water partition coefficient (Wildman–Crippen LogP) is -0.107. The van der Waals surface area contributed by atoms with Gasteiger partial charge in [-0.3, -0.25) is 19.0 Å². The SMILES string of the molecule is COCCn1cnc2c1c(=O)n(CC(=O)OCC(=O)NCC1CCCO1)c(=O)n2Cc1ccccc1. The summed E-state index contributed by atoms with van der Waals surface area (Å²) in [6.45, 7) is 0.650. The average Bonchev–Trinajstić information content (AvgIpc) is 3.56. The van der Waals surface area contributed by atoms with Gasteiger partial charge in [-0.15, -0.1) is 0 Å². The molecule has 1 fully saturated rings. The van der Waals surface area contributed by atoms with Crippen LogP contribution < -0.4 is 16.6 Å². The van der Waals surface area contributed by atoms with Crippen LogP contribution in [0.4, 0.5) is 0 Å². The van der Waals surface area contributed by atoms with Gasteiger partial charge in [0.15, 0.2) is 17.8 Å². The number of amides is 1. The summed E-state index contributed by atoms with van der Waals surface area (Å²) in [5.41, 5.74) is -0.170. The van der Waals surface area contributed by atoms with E-state index in [-0.39, 0.29) is 23.8 Å². The number of fused-ring (bicyclic) bond motifs is 1. The number of imidazole rings is 1. The maximum absolute atomic E-state index is 13.3. The first-order valence-corrected chi connectivity index (χ1v) is 11.7. The Balaban J connectivity index is 1.55. The van der Waals surface area contributed by atoms with E-state index in [0.717, 1.165) is 23.0 Å². The summed E-state index contributed by atoms with van der Waals surface area (Å²) in [7, 11) is 1.54. The van der Waals surface area contributed by atoms with E-state index >= 15 is 0 Å².